The number of hydrogen-bond donors (Lipinski definition) is 0. The van der Waals surface area contributed by atoms with E-state index >= 15 is 0 Å². The first-order valence-corrected chi connectivity index (χ1v) is 6.42. The van der Waals surface area contributed by atoms with E-state index in [1.165, 1.54) is 24.8 Å². The Morgan fingerprint density at radius 3 is 2.81 bits per heavy atom. The monoisotopic (exact) mass is 220 g/mol. The highest BCUT2D eigenvalue weighted by Gasteiger charge is 2.29. The predicted octanol–water partition coefficient (Wildman–Crippen LogP) is 3.09. The highest BCUT2D eigenvalue weighted by molar-refractivity contribution is 5.10. The molecule has 2 heterocycles. The van der Waals surface area contributed by atoms with Crippen LogP contribution in [-0.4, -0.2) is 15.9 Å². The van der Waals surface area contributed by atoms with Gasteiger partial charge in [0.1, 0.15) is 0 Å². The summed E-state index contributed by atoms with van der Waals surface area (Å²) < 4.78 is 8.12. The zero-order valence-corrected chi connectivity index (χ0v) is 10.1. The fourth-order valence-electron chi connectivity index (χ4n) is 2.69. The van der Waals surface area contributed by atoms with Crippen molar-refractivity contribution in [2.45, 2.75) is 57.8 Å². The van der Waals surface area contributed by atoms with Gasteiger partial charge in [-0.1, -0.05) is 6.92 Å². The molecule has 3 heteroatoms. The van der Waals surface area contributed by atoms with Gasteiger partial charge in [-0.3, -0.25) is 4.68 Å². The number of nitrogens with zero attached hydrogens (tertiary/aromatic N) is 2. The van der Waals surface area contributed by atoms with Crippen molar-refractivity contribution < 1.29 is 4.74 Å². The Morgan fingerprint density at radius 2 is 2.12 bits per heavy atom. The Hall–Kier alpha value is -0.830. The molecule has 3 nitrogen and oxygen atoms in total. The second kappa shape index (κ2) is 3.88. The summed E-state index contributed by atoms with van der Waals surface area (Å²) in [6.45, 7) is 4.49. The first-order valence-electron chi connectivity index (χ1n) is 6.42. The average molecular weight is 220 g/mol. The van der Waals surface area contributed by atoms with E-state index in [1.807, 2.05) is 6.20 Å². The van der Waals surface area contributed by atoms with E-state index < -0.39 is 0 Å². The molecule has 2 fully saturated rings. The maximum atomic E-state index is 6.00. The fourth-order valence-corrected chi connectivity index (χ4v) is 2.69. The van der Waals surface area contributed by atoms with Gasteiger partial charge in [-0.2, -0.15) is 5.10 Å². The largest absolute Gasteiger partial charge is 0.370 e. The van der Waals surface area contributed by atoms with E-state index in [0.29, 0.717) is 12.1 Å². The minimum absolute atomic E-state index is 0.270. The molecule has 1 aliphatic heterocycles. The van der Waals surface area contributed by atoms with Gasteiger partial charge in [-0.05, 0) is 38.5 Å². The van der Waals surface area contributed by atoms with E-state index in [1.54, 1.807) is 0 Å². The number of ether oxygens (including phenoxy) is 1. The molecule has 1 aliphatic carbocycles. The zero-order valence-electron chi connectivity index (χ0n) is 10.1. The van der Waals surface area contributed by atoms with Gasteiger partial charge in [0.25, 0.3) is 0 Å². The first kappa shape index (κ1) is 10.3. The van der Waals surface area contributed by atoms with Crippen LogP contribution in [0.2, 0.25) is 0 Å². The molecule has 0 radical (unpaired) electrons. The molecule has 1 aromatic rings. The Bertz CT molecular complexity index is 360. The van der Waals surface area contributed by atoms with E-state index in [0.717, 1.165) is 12.3 Å². The smallest absolute Gasteiger partial charge is 0.0861 e. The molecule has 3 rings (SSSR count). The summed E-state index contributed by atoms with van der Waals surface area (Å²) in [5.41, 5.74) is 1.27. The van der Waals surface area contributed by atoms with Crippen LogP contribution in [0.25, 0.3) is 0 Å². The molecule has 1 saturated carbocycles. The number of aromatic nitrogens is 2. The molecule has 0 N–H and O–H groups in total. The van der Waals surface area contributed by atoms with E-state index in [9.17, 15) is 0 Å². The van der Waals surface area contributed by atoms with Gasteiger partial charge in [0, 0.05) is 11.8 Å². The molecule has 1 saturated heterocycles. The van der Waals surface area contributed by atoms with Crippen molar-refractivity contribution in [3.63, 3.8) is 0 Å². The van der Waals surface area contributed by atoms with Gasteiger partial charge < -0.3 is 4.74 Å². The quantitative estimate of drug-likeness (QED) is 0.765. The topological polar surface area (TPSA) is 27.1 Å². The van der Waals surface area contributed by atoms with Crippen LogP contribution in [0.3, 0.4) is 0 Å². The minimum Gasteiger partial charge on any atom is -0.370 e. The Morgan fingerprint density at radius 1 is 1.31 bits per heavy atom. The molecular weight excluding hydrogens is 200 g/mol. The molecule has 0 spiro atoms. The third kappa shape index (κ3) is 2.01. The van der Waals surface area contributed by atoms with E-state index in [-0.39, 0.29) is 6.10 Å². The molecule has 0 amide bonds. The fraction of sp³-hybridized carbons (Fsp3) is 0.769. The van der Waals surface area contributed by atoms with Gasteiger partial charge >= 0.3 is 0 Å². The Kier molecular flexibility index (Phi) is 2.51. The van der Waals surface area contributed by atoms with Crippen LogP contribution in [0.5, 0.6) is 0 Å². The summed E-state index contributed by atoms with van der Waals surface area (Å²) in [5.74, 6) is 0.762. The molecule has 0 bridgehead atoms. The molecule has 2 aliphatic rings. The van der Waals surface area contributed by atoms with Crippen LogP contribution < -0.4 is 0 Å². The van der Waals surface area contributed by atoms with Gasteiger partial charge in [-0.15, -0.1) is 0 Å². The second-order valence-corrected chi connectivity index (χ2v) is 5.50. The van der Waals surface area contributed by atoms with Crippen LogP contribution in [0.1, 0.15) is 57.2 Å². The van der Waals surface area contributed by atoms with Crippen molar-refractivity contribution in [2.75, 3.05) is 0 Å². The molecule has 3 atom stereocenters. The standard InChI is InChI=1S/C13H20N2O/c1-9-5-10(2)16-13(6-9)11-7-14-15(8-11)12-3-4-12/h7-10,12-13H,3-6H2,1-2H3. The summed E-state index contributed by atoms with van der Waals surface area (Å²) in [4.78, 5) is 0. The summed E-state index contributed by atoms with van der Waals surface area (Å²) in [7, 11) is 0. The Labute approximate surface area is 96.8 Å². The maximum absolute atomic E-state index is 6.00. The van der Waals surface area contributed by atoms with Crippen LogP contribution in [0, 0.1) is 5.92 Å². The van der Waals surface area contributed by atoms with Crippen molar-refractivity contribution in [2.24, 2.45) is 5.92 Å². The normalized spacial score (nSPS) is 35.2. The van der Waals surface area contributed by atoms with Crippen molar-refractivity contribution in [3.8, 4) is 0 Å². The lowest BCUT2D eigenvalue weighted by molar-refractivity contribution is -0.0604. The summed E-state index contributed by atoms with van der Waals surface area (Å²) in [6, 6.07) is 0.673. The van der Waals surface area contributed by atoms with Gasteiger partial charge in [0.15, 0.2) is 0 Å². The summed E-state index contributed by atoms with van der Waals surface area (Å²) in [5, 5.41) is 4.44. The third-order valence-corrected chi connectivity index (χ3v) is 3.66. The lowest BCUT2D eigenvalue weighted by atomic mass is 9.92. The second-order valence-electron chi connectivity index (χ2n) is 5.50. The van der Waals surface area contributed by atoms with Crippen molar-refractivity contribution in [3.05, 3.63) is 18.0 Å². The Balaban J connectivity index is 1.74. The van der Waals surface area contributed by atoms with Crippen LogP contribution in [-0.2, 0) is 4.74 Å². The number of rotatable bonds is 2. The average Bonchev–Trinajstić information content (AvgIpc) is 2.95. The molecule has 0 aromatic carbocycles. The lowest BCUT2D eigenvalue weighted by Crippen LogP contribution is -2.24. The van der Waals surface area contributed by atoms with Crippen molar-refractivity contribution in [1.29, 1.82) is 0 Å². The molecular formula is C13H20N2O. The van der Waals surface area contributed by atoms with E-state index in [4.69, 9.17) is 4.74 Å². The van der Waals surface area contributed by atoms with Gasteiger partial charge in [-0.25, -0.2) is 0 Å². The van der Waals surface area contributed by atoms with Crippen LogP contribution in [0.4, 0.5) is 0 Å². The van der Waals surface area contributed by atoms with Crippen molar-refractivity contribution in [1.82, 2.24) is 9.78 Å². The highest BCUT2D eigenvalue weighted by Crippen LogP contribution is 2.37. The molecule has 88 valence electrons. The molecule has 1 aromatic heterocycles. The molecule has 3 unspecified atom stereocenters. The number of hydrogen-bond acceptors (Lipinski definition) is 2. The summed E-state index contributed by atoms with van der Waals surface area (Å²) in [6.07, 6.45) is 9.75. The van der Waals surface area contributed by atoms with Crippen molar-refractivity contribution >= 4 is 0 Å². The van der Waals surface area contributed by atoms with Gasteiger partial charge in [0.05, 0.1) is 24.4 Å². The minimum atomic E-state index is 0.270. The summed E-state index contributed by atoms with van der Waals surface area (Å²) >= 11 is 0. The maximum Gasteiger partial charge on any atom is 0.0861 e. The first-order chi connectivity index (χ1) is 7.72. The zero-order chi connectivity index (χ0) is 11.1. The van der Waals surface area contributed by atoms with E-state index in [2.05, 4.69) is 29.8 Å². The van der Waals surface area contributed by atoms with Crippen LogP contribution >= 0.6 is 0 Å². The highest BCUT2D eigenvalue weighted by atomic mass is 16.5. The predicted molar refractivity (Wildman–Crippen MR) is 62.2 cm³/mol. The van der Waals surface area contributed by atoms with Gasteiger partial charge in [0.2, 0.25) is 0 Å². The SMILES string of the molecule is CC1CC(C)OC(c2cnn(C3CC3)c2)C1. The third-order valence-electron chi connectivity index (χ3n) is 3.66. The lowest BCUT2D eigenvalue weighted by Gasteiger charge is -2.31. The molecule has 16 heavy (non-hydrogen) atoms. The van der Waals surface area contributed by atoms with Crippen LogP contribution in [0.15, 0.2) is 12.4 Å².